The van der Waals surface area contributed by atoms with Crippen LogP contribution in [-0.4, -0.2) is 38.1 Å². The number of piperidine rings is 1. The molecule has 0 amide bonds. The van der Waals surface area contributed by atoms with Gasteiger partial charge in [-0.2, -0.15) is 10.2 Å². The molecule has 20 heavy (non-hydrogen) atoms. The lowest BCUT2D eigenvalue weighted by Gasteiger charge is -2.31. The highest BCUT2D eigenvalue weighted by Crippen LogP contribution is 2.24. The standard InChI is InChI=1S/C13H19N7/c1-9-10(2)16-17-13(15-9)19-6-3-11(4-7-19)20-8-5-12(14)18-20/h5,8,11H,3-4,6-7H2,1-2H3,(H2,14,18). The number of rotatable bonds is 2. The Bertz CT molecular complexity index is 599. The van der Waals surface area contributed by atoms with Crippen LogP contribution in [0.4, 0.5) is 11.8 Å². The van der Waals surface area contributed by atoms with Crippen LogP contribution in [0.1, 0.15) is 30.3 Å². The number of nitrogen functional groups attached to an aromatic ring is 1. The molecule has 0 atom stereocenters. The van der Waals surface area contributed by atoms with Gasteiger partial charge in [-0.05, 0) is 32.8 Å². The van der Waals surface area contributed by atoms with E-state index in [-0.39, 0.29) is 0 Å². The van der Waals surface area contributed by atoms with E-state index in [2.05, 4.69) is 25.2 Å². The van der Waals surface area contributed by atoms with Crippen LogP contribution in [0, 0.1) is 13.8 Å². The molecule has 1 saturated heterocycles. The normalized spacial score (nSPS) is 16.6. The Kier molecular flexibility index (Phi) is 3.25. The van der Waals surface area contributed by atoms with E-state index in [1.165, 1.54) is 0 Å². The van der Waals surface area contributed by atoms with Gasteiger partial charge < -0.3 is 10.6 Å². The van der Waals surface area contributed by atoms with E-state index in [1.807, 2.05) is 30.8 Å². The fraction of sp³-hybridized carbons (Fsp3) is 0.538. The number of aryl methyl sites for hydroxylation is 2. The molecule has 3 rings (SSSR count). The predicted molar refractivity (Wildman–Crippen MR) is 76.4 cm³/mol. The summed E-state index contributed by atoms with van der Waals surface area (Å²) in [5.74, 6) is 1.31. The molecule has 106 valence electrons. The zero-order valence-corrected chi connectivity index (χ0v) is 11.8. The van der Waals surface area contributed by atoms with Crippen molar-refractivity contribution in [2.24, 2.45) is 0 Å². The Labute approximate surface area is 117 Å². The minimum atomic E-state index is 0.406. The quantitative estimate of drug-likeness (QED) is 0.882. The molecule has 0 spiro atoms. The fourth-order valence-electron chi connectivity index (χ4n) is 2.47. The molecule has 0 saturated carbocycles. The lowest BCUT2D eigenvalue weighted by atomic mass is 10.1. The highest BCUT2D eigenvalue weighted by Gasteiger charge is 2.23. The number of anilines is 2. The molecule has 7 heteroatoms. The molecule has 1 aliphatic heterocycles. The zero-order valence-electron chi connectivity index (χ0n) is 11.8. The first-order chi connectivity index (χ1) is 9.63. The molecule has 2 N–H and O–H groups in total. The van der Waals surface area contributed by atoms with Crippen LogP contribution in [-0.2, 0) is 0 Å². The molecule has 7 nitrogen and oxygen atoms in total. The summed E-state index contributed by atoms with van der Waals surface area (Å²) in [5.41, 5.74) is 7.49. The molecule has 0 aromatic carbocycles. The van der Waals surface area contributed by atoms with Crippen LogP contribution in [0.3, 0.4) is 0 Å². The zero-order chi connectivity index (χ0) is 14.1. The van der Waals surface area contributed by atoms with Crippen molar-refractivity contribution in [3.63, 3.8) is 0 Å². The van der Waals surface area contributed by atoms with E-state index >= 15 is 0 Å². The summed E-state index contributed by atoms with van der Waals surface area (Å²) in [4.78, 5) is 6.69. The van der Waals surface area contributed by atoms with Crippen molar-refractivity contribution in [1.29, 1.82) is 0 Å². The van der Waals surface area contributed by atoms with Gasteiger partial charge in [-0.1, -0.05) is 0 Å². The third kappa shape index (κ3) is 2.43. The number of hydrogen-bond acceptors (Lipinski definition) is 6. The molecule has 0 unspecified atom stereocenters. The van der Waals surface area contributed by atoms with Gasteiger partial charge in [0.25, 0.3) is 0 Å². The highest BCUT2D eigenvalue weighted by atomic mass is 15.3. The summed E-state index contributed by atoms with van der Waals surface area (Å²) < 4.78 is 1.96. The summed E-state index contributed by atoms with van der Waals surface area (Å²) in [5, 5.41) is 12.6. The predicted octanol–water partition coefficient (Wildman–Crippen LogP) is 1.11. The average Bonchev–Trinajstić information content (AvgIpc) is 2.89. The van der Waals surface area contributed by atoms with Crippen molar-refractivity contribution >= 4 is 11.8 Å². The monoisotopic (exact) mass is 273 g/mol. The molecule has 1 aliphatic rings. The largest absolute Gasteiger partial charge is 0.382 e. The number of nitrogens with two attached hydrogens (primary N) is 1. The van der Waals surface area contributed by atoms with Gasteiger partial charge in [0.2, 0.25) is 5.95 Å². The first-order valence-corrected chi connectivity index (χ1v) is 6.87. The first-order valence-electron chi connectivity index (χ1n) is 6.87. The van der Waals surface area contributed by atoms with E-state index in [1.54, 1.807) is 0 Å². The minimum absolute atomic E-state index is 0.406. The van der Waals surface area contributed by atoms with Crippen molar-refractivity contribution in [3.8, 4) is 0 Å². The summed E-state index contributed by atoms with van der Waals surface area (Å²) in [6.45, 7) is 5.71. The van der Waals surface area contributed by atoms with E-state index in [9.17, 15) is 0 Å². The summed E-state index contributed by atoms with van der Waals surface area (Å²) in [6, 6.07) is 2.24. The molecule has 0 aliphatic carbocycles. The maximum Gasteiger partial charge on any atom is 0.245 e. The highest BCUT2D eigenvalue weighted by molar-refractivity contribution is 5.30. The van der Waals surface area contributed by atoms with Gasteiger partial charge in [-0.25, -0.2) is 4.98 Å². The van der Waals surface area contributed by atoms with E-state index in [4.69, 9.17) is 5.73 Å². The van der Waals surface area contributed by atoms with Crippen molar-refractivity contribution in [2.75, 3.05) is 23.7 Å². The second-order valence-electron chi connectivity index (χ2n) is 5.22. The van der Waals surface area contributed by atoms with Gasteiger partial charge in [-0.3, -0.25) is 4.68 Å². The molecule has 2 aromatic rings. The summed E-state index contributed by atoms with van der Waals surface area (Å²) in [7, 11) is 0. The second-order valence-corrected chi connectivity index (χ2v) is 5.22. The van der Waals surface area contributed by atoms with Gasteiger partial charge in [0.1, 0.15) is 5.82 Å². The molecule has 1 fully saturated rings. The topological polar surface area (TPSA) is 85.8 Å². The SMILES string of the molecule is Cc1nnc(N2CCC(n3ccc(N)n3)CC2)nc1C. The maximum absolute atomic E-state index is 5.66. The Morgan fingerprint density at radius 2 is 1.90 bits per heavy atom. The number of hydrogen-bond donors (Lipinski definition) is 1. The lowest BCUT2D eigenvalue weighted by Crippen LogP contribution is -2.36. The van der Waals surface area contributed by atoms with Crippen LogP contribution in [0.2, 0.25) is 0 Å². The minimum Gasteiger partial charge on any atom is -0.382 e. The molecule has 0 bridgehead atoms. The Morgan fingerprint density at radius 1 is 1.15 bits per heavy atom. The Hall–Kier alpha value is -2.18. The summed E-state index contributed by atoms with van der Waals surface area (Å²) in [6.07, 6.45) is 3.97. The maximum atomic E-state index is 5.66. The van der Waals surface area contributed by atoms with Crippen LogP contribution >= 0.6 is 0 Å². The average molecular weight is 273 g/mol. The van der Waals surface area contributed by atoms with Crippen molar-refractivity contribution in [2.45, 2.75) is 32.7 Å². The van der Waals surface area contributed by atoms with Gasteiger partial charge in [0, 0.05) is 19.3 Å². The molecule has 2 aromatic heterocycles. The molecular weight excluding hydrogens is 254 g/mol. The van der Waals surface area contributed by atoms with Crippen LogP contribution in [0.5, 0.6) is 0 Å². The van der Waals surface area contributed by atoms with Gasteiger partial charge >= 0.3 is 0 Å². The van der Waals surface area contributed by atoms with Crippen LogP contribution in [0.15, 0.2) is 12.3 Å². The van der Waals surface area contributed by atoms with E-state index < -0.39 is 0 Å². The molecule has 0 radical (unpaired) electrons. The molecular formula is C13H19N7. The van der Waals surface area contributed by atoms with Crippen molar-refractivity contribution in [3.05, 3.63) is 23.7 Å². The van der Waals surface area contributed by atoms with Gasteiger partial charge in [-0.15, -0.1) is 5.10 Å². The lowest BCUT2D eigenvalue weighted by molar-refractivity contribution is 0.365. The Balaban J connectivity index is 1.67. The van der Waals surface area contributed by atoms with Gasteiger partial charge in [0.05, 0.1) is 17.4 Å². The third-order valence-corrected chi connectivity index (χ3v) is 3.83. The van der Waals surface area contributed by atoms with Gasteiger partial charge in [0.15, 0.2) is 0 Å². The van der Waals surface area contributed by atoms with E-state index in [0.717, 1.165) is 43.3 Å². The number of nitrogens with zero attached hydrogens (tertiary/aromatic N) is 6. The van der Waals surface area contributed by atoms with Crippen molar-refractivity contribution < 1.29 is 0 Å². The van der Waals surface area contributed by atoms with E-state index in [0.29, 0.717) is 11.9 Å². The summed E-state index contributed by atoms with van der Waals surface area (Å²) >= 11 is 0. The first kappa shape index (κ1) is 12.8. The van der Waals surface area contributed by atoms with Crippen LogP contribution < -0.4 is 10.6 Å². The fourth-order valence-corrected chi connectivity index (χ4v) is 2.47. The Morgan fingerprint density at radius 3 is 2.50 bits per heavy atom. The number of aromatic nitrogens is 5. The second kappa shape index (κ2) is 5.07. The van der Waals surface area contributed by atoms with Crippen molar-refractivity contribution in [1.82, 2.24) is 25.0 Å². The smallest absolute Gasteiger partial charge is 0.245 e. The molecule has 3 heterocycles. The van der Waals surface area contributed by atoms with Crippen LogP contribution in [0.25, 0.3) is 0 Å². The third-order valence-electron chi connectivity index (χ3n) is 3.83.